The second-order valence-corrected chi connectivity index (χ2v) is 9.48. The van der Waals surface area contributed by atoms with Crippen molar-refractivity contribution in [2.24, 2.45) is 0 Å². The number of hydrogen-bond donors (Lipinski definition) is 2. The predicted octanol–water partition coefficient (Wildman–Crippen LogP) is 4.26. The molecule has 0 spiro atoms. The summed E-state index contributed by atoms with van der Waals surface area (Å²) in [6.07, 6.45) is 0.0976. The van der Waals surface area contributed by atoms with Crippen LogP contribution in [-0.4, -0.2) is 55.5 Å². The molecular weight excluding hydrogens is 462 g/mol. The Kier molecular flexibility index (Phi) is 7.94. The van der Waals surface area contributed by atoms with Gasteiger partial charge in [-0.1, -0.05) is 48.0 Å². The summed E-state index contributed by atoms with van der Waals surface area (Å²) in [5, 5.41) is 6.26. The molecule has 0 bridgehead atoms. The van der Waals surface area contributed by atoms with Crippen molar-refractivity contribution in [3.8, 4) is 10.4 Å². The molecule has 0 aliphatic carbocycles. The summed E-state index contributed by atoms with van der Waals surface area (Å²) in [6.45, 7) is 6.09. The number of rotatable bonds is 7. The molecule has 0 saturated carbocycles. The Balaban J connectivity index is 1.48. The van der Waals surface area contributed by atoms with Crippen molar-refractivity contribution in [1.29, 1.82) is 0 Å². The normalized spacial score (nSPS) is 13.4. The van der Waals surface area contributed by atoms with Crippen LogP contribution in [-0.2, 0) is 9.53 Å². The van der Waals surface area contributed by atoms with E-state index in [1.165, 1.54) is 11.3 Å². The van der Waals surface area contributed by atoms with Gasteiger partial charge in [0.15, 0.2) is 0 Å². The number of nitrogens with zero attached hydrogens (tertiary/aromatic N) is 1. The molecule has 2 N–H and O–H groups in total. The smallest absolute Gasteiger partial charge is 0.257 e. The highest BCUT2D eigenvalue weighted by molar-refractivity contribution is 7.20. The fraction of sp³-hybridized carbons (Fsp3) is 0.296. The summed E-state index contributed by atoms with van der Waals surface area (Å²) in [7, 11) is 0. The second kappa shape index (κ2) is 11.3. The van der Waals surface area contributed by atoms with Crippen LogP contribution in [0.4, 0.5) is 5.00 Å². The molecule has 1 aromatic heterocycles. The average molecular weight is 492 g/mol. The molecule has 0 radical (unpaired) electrons. The number of morpholine rings is 1. The lowest BCUT2D eigenvalue weighted by molar-refractivity contribution is -0.116. The number of ether oxygens (including phenoxy) is 1. The number of benzene rings is 2. The highest BCUT2D eigenvalue weighted by Crippen LogP contribution is 2.40. The molecule has 3 aromatic rings. The maximum absolute atomic E-state index is 13.4. The molecule has 35 heavy (non-hydrogen) atoms. The standard InChI is InChI=1S/C27H29N3O4S/c1-18-7-6-10-21(17-18)25(32)28-12-11-22(31)29-26-23(27(33)30-13-15-34-16-14-30)19(2)24(35-26)20-8-4-3-5-9-20/h3-10,17H,11-16H2,1-2H3,(H,28,32)(H,29,31). The average Bonchev–Trinajstić information content (AvgIpc) is 3.19. The molecule has 7 nitrogen and oxygen atoms in total. The predicted molar refractivity (Wildman–Crippen MR) is 138 cm³/mol. The Bertz CT molecular complexity index is 1220. The van der Waals surface area contributed by atoms with Crippen molar-refractivity contribution in [3.05, 3.63) is 76.9 Å². The summed E-state index contributed by atoms with van der Waals surface area (Å²) in [5.41, 5.74) is 3.92. The van der Waals surface area contributed by atoms with E-state index in [1.54, 1.807) is 17.0 Å². The third-order valence-corrected chi connectivity index (χ3v) is 7.12. The van der Waals surface area contributed by atoms with Crippen LogP contribution in [0, 0.1) is 13.8 Å². The number of thiophene rings is 1. The van der Waals surface area contributed by atoms with Gasteiger partial charge in [0.25, 0.3) is 11.8 Å². The fourth-order valence-corrected chi connectivity index (χ4v) is 5.24. The molecule has 1 saturated heterocycles. The van der Waals surface area contributed by atoms with Crippen LogP contribution in [0.15, 0.2) is 54.6 Å². The molecular formula is C27H29N3O4S. The quantitative estimate of drug-likeness (QED) is 0.517. The van der Waals surface area contributed by atoms with E-state index in [9.17, 15) is 14.4 Å². The number of anilines is 1. The lowest BCUT2D eigenvalue weighted by atomic mass is 10.1. The molecule has 1 aliphatic rings. The van der Waals surface area contributed by atoms with E-state index in [1.807, 2.05) is 56.3 Å². The van der Waals surface area contributed by atoms with E-state index in [0.29, 0.717) is 42.4 Å². The lowest BCUT2D eigenvalue weighted by Gasteiger charge is -2.27. The van der Waals surface area contributed by atoms with Crippen LogP contribution >= 0.6 is 11.3 Å². The Morgan fingerprint density at radius 3 is 2.46 bits per heavy atom. The van der Waals surface area contributed by atoms with Gasteiger partial charge in [-0.15, -0.1) is 11.3 Å². The van der Waals surface area contributed by atoms with Gasteiger partial charge in [-0.05, 0) is 37.1 Å². The highest BCUT2D eigenvalue weighted by atomic mass is 32.1. The topological polar surface area (TPSA) is 87.7 Å². The van der Waals surface area contributed by atoms with Crippen molar-refractivity contribution in [3.63, 3.8) is 0 Å². The van der Waals surface area contributed by atoms with Crippen LogP contribution in [0.1, 0.15) is 38.3 Å². The Morgan fingerprint density at radius 1 is 1.00 bits per heavy atom. The number of hydrogen-bond acceptors (Lipinski definition) is 5. The first-order valence-corrected chi connectivity index (χ1v) is 12.5. The minimum atomic E-state index is -0.258. The van der Waals surface area contributed by atoms with Gasteiger partial charge in [0.05, 0.1) is 18.8 Å². The van der Waals surface area contributed by atoms with Crippen molar-refractivity contribution in [2.45, 2.75) is 20.3 Å². The van der Waals surface area contributed by atoms with E-state index < -0.39 is 0 Å². The zero-order chi connectivity index (χ0) is 24.8. The maximum atomic E-state index is 13.4. The van der Waals surface area contributed by atoms with Crippen molar-refractivity contribution in [2.75, 3.05) is 38.2 Å². The summed E-state index contributed by atoms with van der Waals surface area (Å²) < 4.78 is 5.39. The third-order valence-electron chi connectivity index (χ3n) is 5.87. The molecule has 4 rings (SSSR count). The summed E-state index contributed by atoms with van der Waals surface area (Å²) in [5.74, 6) is -0.582. The van der Waals surface area contributed by atoms with Crippen molar-refractivity contribution < 1.29 is 19.1 Å². The first-order chi connectivity index (χ1) is 16.9. The van der Waals surface area contributed by atoms with Crippen LogP contribution in [0.2, 0.25) is 0 Å². The number of carbonyl (C=O) groups is 3. The van der Waals surface area contributed by atoms with E-state index >= 15 is 0 Å². The van der Waals surface area contributed by atoms with Gasteiger partial charge in [0.2, 0.25) is 5.91 Å². The van der Waals surface area contributed by atoms with Gasteiger partial charge >= 0.3 is 0 Å². The number of nitrogens with one attached hydrogen (secondary N) is 2. The third kappa shape index (κ3) is 5.96. The molecule has 2 heterocycles. The molecule has 1 fully saturated rings. The minimum Gasteiger partial charge on any atom is -0.378 e. The first-order valence-electron chi connectivity index (χ1n) is 11.6. The zero-order valence-corrected chi connectivity index (χ0v) is 20.7. The van der Waals surface area contributed by atoms with E-state index in [-0.39, 0.29) is 30.7 Å². The van der Waals surface area contributed by atoms with Gasteiger partial charge in [-0.25, -0.2) is 0 Å². The molecule has 0 unspecified atom stereocenters. The second-order valence-electron chi connectivity index (χ2n) is 8.45. The molecule has 182 valence electrons. The summed E-state index contributed by atoms with van der Waals surface area (Å²) >= 11 is 1.40. The largest absolute Gasteiger partial charge is 0.378 e. The van der Waals surface area contributed by atoms with Crippen LogP contribution in [0.5, 0.6) is 0 Å². The first kappa shape index (κ1) is 24.6. The van der Waals surface area contributed by atoms with E-state index in [4.69, 9.17) is 4.74 Å². The van der Waals surface area contributed by atoms with E-state index in [0.717, 1.165) is 21.6 Å². The van der Waals surface area contributed by atoms with Gasteiger partial charge in [0, 0.05) is 36.5 Å². The van der Waals surface area contributed by atoms with Gasteiger partial charge in [-0.2, -0.15) is 0 Å². The SMILES string of the molecule is Cc1cccc(C(=O)NCCC(=O)Nc2sc(-c3ccccc3)c(C)c2C(=O)N2CCOCC2)c1. The summed E-state index contributed by atoms with van der Waals surface area (Å²) in [4.78, 5) is 41.3. The maximum Gasteiger partial charge on any atom is 0.257 e. The van der Waals surface area contributed by atoms with Crippen LogP contribution in [0.25, 0.3) is 10.4 Å². The lowest BCUT2D eigenvalue weighted by Crippen LogP contribution is -2.41. The Labute approximate surface area is 209 Å². The highest BCUT2D eigenvalue weighted by Gasteiger charge is 2.28. The summed E-state index contributed by atoms with van der Waals surface area (Å²) in [6, 6.07) is 17.1. The number of aryl methyl sites for hydroxylation is 1. The zero-order valence-electron chi connectivity index (χ0n) is 19.9. The monoisotopic (exact) mass is 491 g/mol. The van der Waals surface area contributed by atoms with Crippen LogP contribution in [0.3, 0.4) is 0 Å². The molecule has 3 amide bonds. The van der Waals surface area contributed by atoms with E-state index in [2.05, 4.69) is 10.6 Å². The molecule has 2 aromatic carbocycles. The van der Waals surface area contributed by atoms with Crippen molar-refractivity contribution in [1.82, 2.24) is 10.2 Å². The van der Waals surface area contributed by atoms with Gasteiger partial charge in [-0.3, -0.25) is 14.4 Å². The van der Waals surface area contributed by atoms with Gasteiger partial charge < -0.3 is 20.3 Å². The number of amides is 3. The Morgan fingerprint density at radius 2 is 1.74 bits per heavy atom. The van der Waals surface area contributed by atoms with Gasteiger partial charge in [0.1, 0.15) is 5.00 Å². The van der Waals surface area contributed by atoms with Crippen molar-refractivity contribution >= 4 is 34.1 Å². The molecule has 0 atom stereocenters. The molecule has 1 aliphatic heterocycles. The molecule has 8 heteroatoms. The van der Waals surface area contributed by atoms with Crippen LogP contribution < -0.4 is 10.6 Å². The fourth-order valence-electron chi connectivity index (χ4n) is 4.02. The number of carbonyl (C=O) groups excluding carboxylic acids is 3. The minimum absolute atomic E-state index is 0.0976. The Hall–Kier alpha value is -3.49.